The van der Waals surface area contributed by atoms with E-state index in [1.807, 2.05) is 25.3 Å². The zero-order chi connectivity index (χ0) is 20.4. The summed E-state index contributed by atoms with van der Waals surface area (Å²) in [5.41, 5.74) is 1.24. The van der Waals surface area contributed by atoms with Gasteiger partial charge in [-0.25, -0.2) is 8.42 Å². The van der Waals surface area contributed by atoms with Crippen molar-refractivity contribution >= 4 is 31.7 Å². The normalized spacial score (nSPS) is 12.6. The first-order valence-corrected chi connectivity index (χ1v) is 11.2. The Labute approximate surface area is 167 Å². The quantitative estimate of drug-likeness (QED) is 0.725. The van der Waals surface area contributed by atoms with Gasteiger partial charge in [0.15, 0.2) is 9.84 Å². The van der Waals surface area contributed by atoms with Crippen LogP contribution in [-0.2, 0) is 16.4 Å². The number of hydrogen-bond donors (Lipinski definition) is 1. The molecule has 1 heterocycles. The Bertz CT molecular complexity index is 1010. The average Bonchev–Trinajstić information content (AvgIpc) is 2.63. The Morgan fingerprint density at radius 2 is 1.85 bits per heavy atom. The van der Waals surface area contributed by atoms with Crippen LogP contribution < -0.4 is 10.7 Å². The van der Waals surface area contributed by atoms with Gasteiger partial charge in [-0.2, -0.15) is 0 Å². The number of nitrogens with zero attached hydrogens (tertiary/aromatic N) is 1. The molecule has 1 aromatic carbocycles. The Hall–Kier alpha value is -1.93. The number of halogens is 1. The summed E-state index contributed by atoms with van der Waals surface area (Å²) in [6, 6.07) is 6.42. The highest BCUT2D eigenvalue weighted by atomic mass is 79.9. The second-order valence-corrected chi connectivity index (χ2v) is 9.34. The van der Waals surface area contributed by atoms with Crippen LogP contribution >= 0.6 is 15.9 Å². The lowest BCUT2D eigenvalue weighted by molar-refractivity contribution is 0.0948. The molecular weight excluding hydrogens is 432 g/mol. The van der Waals surface area contributed by atoms with Gasteiger partial charge in [0, 0.05) is 30.7 Å². The van der Waals surface area contributed by atoms with E-state index in [-0.39, 0.29) is 28.5 Å². The molecule has 0 saturated carbocycles. The number of amides is 1. The molecule has 0 bridgehead atoms. The molecule has 2 aromatic rings. The minimum absolute atomic E-state index is 0.0699. The zero-order valence-corrected chi connectivity index (χ0v) is 18.1. The van der Waals surface area contributed by atoms with Gasteiger partial charge >= 0.3 is 0 Å². The minimum atomic E-state index is -3.26. The van der Waals surface area contributed by atoms with Crippen molar-refractivity contribution in [1.82, 2.24) is 9.88 Å². The number of aromatic nitrogens is 1. The predicted octanol–water partition coefficient (Wildman–Crippen LogP) is 3.22. The molecule has 146 valence electrons. The number of rotatable bonds is 6. The molecule has 1 unspecified atom stereocenters. The summed E-state index contributed by atoms with van der Waals surface area (Å²) in [6.45, 7) is 6.09. The van der Waals surface area contributed by atoms with Crippen LogP contribution in [0.25, 0.3) is 0 Å². The SMILES string of the molecule is CCC(C)n1cc(C(=O)NCc2ccc(S(C)(=O)=O)cc2)c(=O)c(Br)c1C. The summed E-state index contributed by atoms with van der Waals surface area (Å²) in [7, 11) is -3.26. The second-order valence-electron chi connectivity index (χ2n) is 6.53. The maximum Gasteiger partial charge on any atom is 0.257 e. The smallest absolute Gasteiger partial charge is 0.257 e. The van der Waals surface area contributed by atoms with Crippen molar-refractivity contribution in [3.05, 3.63) is 62.0 Å². The molecule has 1 amide bonds. The van der Waals surface area contributed by atoms with Gasteiger partial charge in [0.25, 0.3) is 5.91 Å². The molecule has 0 fully saturated rings. The third kappa shape index (κ3) is 4.87. The topological polar surface area (TPSA) is 85.2 Å². The first kappa shape index (κ1) is 21.4. The average molecular weight is 455 g/mol. The Morgan fingerprint density at radius 1 is 1.26 bits per heavy atom. The molecular formula is C19H23BrN2O4S. The van der Waals surface area contributed by atoms with Gasteiger partial charge in [-0.3, -0.25) is 9.59 Å². The maximum absolute atomic E-state index is 12.6. The summed E-state index contributed by atoms with van der Waals surface area (Å²) in [5, 5.41) is 2.72. The second kappa shape index (κ2) is 8.39. The van der Waals surface area contributed by atoms with Crippen LogP contribution in [0.15, 0.2) is 44.6 Å². The van der Waals surface area contributed by atoms with E-state index in [1.165, 1.54) is 12.1 Å². The van der Waals surface area contributed by atoms with Crippen molar-refractivity contribution in [2.75, 3.05) is 6.26 Å². The van der Waals surface area contributed by atoms with Crippen LogP contribution in [-0.4, -0.2) is 25.1 Å². The van der Waals surface area contributed by atoms with Crippen molar-refractivity contribution in [1.29, 1.82) is 0 Å². The van der Waals surface area contributed by atoms with E-state index >= 15 is 0 Å². The Kier molecular flexibility index (Phi) is 6.64. The molecule has 1 atom stereocenters. The van der Waals surface area contributed by atoms with E-state index < -0.39 is 15.7 Å². The fourth-order valence-corrected chi connectivity index (χ4v) is 3.69. The van der Waals surface area contributed by atoms with Crippen molar-refractivity contribution < 1.29 is 13.2 Å². The number of pyridine rings is 1. The van der Waals surface area contributed by atoms with Gasteiger partial charge < -0.3 is 9.88 Å². The van der Waals surface area contributed by atoms with Gasteiger partial charge in [0.1, 0.15) is 5.56 Å². The summed E-state index contributed by atoms with van der Waals surface area (Å²) < 4.78 is 25.3. The summed E-state index contributed by atoms with van der Waals surface area (Å²) >= 11 is 3.30. The first-order chi connectivity index (χ1) is 12.6. The van der Waals surface area contributed by atoms with Crippen molar-refractivity contribution in [3.63, 3.8) is 0 Å². The molecule has 0 radical (unpaired) electrons. The molecule has 0 aliphatic carbocycles. The third-order valence-electron chi connectivity index (χ3n) is 4.53. The highest BCUT2D eigenvalue weighted by Gasteiger charge is 2.18. The van der Waals surface area contributed by atoms with Crippen LogP contribution in [0.4, 0.5) is 0 Å². The third-order valence-corrected chi connectivity index (χ3v) is 6.59. The molecule has 0 aliphatic rings. The van der Waals surface area contributed by atoms with Crippen LogP contribution in [0.3, 0.4) is 0 Å². The Morgan fingerprint density at radius 3 is 2.37 bits per heavy atom. The van der Waals surface area contributed by atoms with Gasteiger partial charge in [0.2, 0.25) is 5.43 Å². The fourth-order valence-electron chi connectivity index (χ4n) is 2.64. The highest BCUT2D eigenvalue weighted by molar-refractivity contribution is 9.10. The van der Waals surface area contributed by atoms with Crippen molar-refractivity contribution in [3.8, 4) is 0 Å². The summed E-state index contributed by atoms with van der Waals surface area (Å²) in [5.74, 6) is -0.468. The first-order valence-electron chi connectivity index (χ1n) is 8.54. The molecule has 1 aromatic heterocycles. The van der Waals surface area contributed by atoms with Crippen molar-refractivity contribution in [2.45, 2.75) is 44.7 Å². The minimum Gasteiger partial charge on any atom is -0.348 e. The van der Waals surface area contributed by atoms with E-state index in [9.17, 15) is 18.0 Å². The van der Waals surface area contributed by atoms with E-state index in [1.54, 1.807) is 18.3 Å². The van der Waals surface area contributed by atoms with Gasteiger partial charge in [-0.05, 0) is 53.9 Å². The van der Waals surface area contributed by atoms with E-state index in [0.717, 1.165) is 23.9 Å². The van der Waals surface area contributed by atoms with E-state index in [4.69, 9.17) is 0 Å². The number of hydrogen-bond acceptors (Lipinski definition) is 4. The van der Waals surface area contributed by atoms with Gasteiger partial charge in [0.05, 0.1) is 9.37 Å². The molecule has 8 heteroatoms. The fraction of sp³-hybridized carbons (Fsp3) is 0.368. The van der Waals surface area contributed by atoms with Gasteiger partial charge in [-0.1, -0.05) is 19.1 Å². The zero-order valence-electron chi connectivity index (χ0n) is 15.7. The molecule has 0 aliphatic heterocycles. The number of carbonyl (C=O) groups is 1. The van der Waals surface area contributed by atoms with E-state index in [0.29, 0.717) is 4.47 Å². The predicted molar refractivity (Wildman–Crippen MR) is 109 cm³/mol. The van der Waals surface area contributed by atoms with Gasteiger partial charge in [-0.15, -0.1) is 0 Å². The Balaban J connectivity index is 2.23. The molecule has 6 nitrogen and oxygen atoms in total. The van der Waals surface area contributed by atoms with Crippen molar-refractivity contribution in [2.24, 2.45) is 0 Å². The molecule has 2 rings (SSSR count). The lowest BCUT2D eigenvalue weighted by Crippen LogP contribution is -2.30. The molecule has 1 N–H and O–H groups in total. The van der Waals surface area contributed by atoms with Crippen LogP contribution in [0.2, 0.25) is 0 Å². The lowest BCUT2D eigenvalue weighted by atomic mass is 10.1. The highest BCUT2D eigenvalue weighted by Crippen LogP contribution is 2.19. The van der Waals surface area contributed by atoms with E-state index in [2.05, 4.69) is 21.2 Å². The molecule has 27 heavy (non-hydrogen) atoms. The summed E-state index contributed by atoms with van der Waals surface area (Å²) in [6.07, 6.45) is 3.60. The largest absolute Gasteiger partial charge is 0.348 e. The summed E-state index contributed by atoms with van der Waals surface area (Å²) in [4.78, 5) is 25.2. The van der Waals surface area contributed by atoms with Crippen LogP contribution in [0.1, 0.15) is 47.9 Å². The molecule has 0 spiro atoms. The molecule has 0 saturated heterocycles. The maximum atomic E-state index is 12.6. The van der Waals surface area contributed by atoms with Crippen LogP contribution in [0.5, 0.6) is 0 Å². The number of nitrogens with one attached hydrogen (secondary N) is 1. The number of carbonyl (C=O) groups excluding carboxylic acids is 1. The van der Waals surface area contributed by atoms with Crippen LogP contribution in [0, 0.1) is 6.92 Å². The number of sulfone groups is 1. The number of benzene rings is 1. The monoisotopic (exact) mass is 454 g/mol. The standard InChI is InChI=1S/C19H23BrN2O4S/c1-5-12(2)22-11-16(18(23)17(20)13(22)3)19(24)21-10-14-6-8-15(9-7-14)27(4,25)26/h6-9,11-12H,5,10H2,1-4H3,(H,21,24). The lowest BCUT2D eigenvalue weighted by Gasteiger charge is -2.19.